The number of nitrogens with one attached hydrogen (secondary N) is 3. The van der Waals surface area contributed by atoms with Crippen LogP contribution in [0.25, 0.3) is 0 Å². The summed E-state index contributed by atoms with van der Waals surface area (Å²) in [5, 5.41) is 7.94. The molecule has 0 radical (unpaired) electrons. The molecule has 1 aliphatic heterocycles. The molecule has 0 bridgehead atoms. The predicted molar refractivity (Wildman–Crippen MR) is 70.4 cm³/mol. The fourth-order valence-corrected chi connectivity index (χ4v) is 1.96. The minimum absolute atomic E-state index is 0.289. The molecule has 0 saturated carbocycles. The molecule has 0 aromatic rings. The number of rotatable bonds is 6. The lowest BCUT2D eigenvalue weighted by atomic mass is 10.3. The Balaban J connectivity index is 2.12. The van der Waals surface area contributed by atoms with Crippen LogP contribution in [-0.4, -0.2) is 55.6 Å². The molecular formula is C12H24N4O2. The number of urea groups is 1. The SMILES string of the molecule is CCNC(=O)NC(=O)C(C)NCCN1CCCC1. The number of imide groups is 1. The molecule has 1 atom stereocenters. The zero-order valence-corrected chi connectivity index (χ0v) is 11.3. The standard InChI is InChI=1S/C12H24N4O2/c1-3-13-12(18)15-11(17)10(2)14-6-9-16-7-4-5-8-16/h10,14H,3-9H2,1-2H3,(H2,13,15,17,18). The summed E-state index contributed by atoms with van der Waals surface area (Å²) < 4.78 is 0. The second-order valence-electron chi connectivity index (χ2n) is 4.57. The zero-order chi connectivity index (χ0) is 13.4. The normalized spacial score (nSPS) is 17.4. The molecule has 18 heavy (non-hydrogen) atoms. The number of amides is 3. The van der Waals surface area contributed by atoms with Gasteiger partial charge >= 0.3 is 6.03 Å². The smallest absolute Gasteiger partial charge is 0.321 e. The van der Waals surface area contributed by atoms with E-state index >= 15 is 0 Å². The molecule has 104 valence electrons. The third kappa shape index (κ3) is 5.46. The van der Waals surface area contributed by atoms with Crippen LogP contribution in [0.3, 0.4) is 0 Å². The first-order valence-corrected chi connectivity index (χ1v) is 6.68. The third-order valence-corrected chi connectivity index (χ3v) is 3.04. The highest BCUT2D eigenvalue weighted by Crippen LogP contribution is 2.05. The van der Waals surface area contributed by atoms with Gasteiger partial charge in [-0.25, -0.2) is 4.79 Å². The van der Waals surface area contributed by atoms with Crippen LogP contribution in [0.15, 0.2) is 0 Å². The van der Waals surface area contributed by atoms with Gasteiger partial charge < -0.3 is 15.5 Å². The number of carbonyl (C=O) groups excluding carboxylic acids is 2. The zero-order valence-electron chi connectivity index (χ0n) is 11.3. The van der Waals surface area contributed by atoms with Crippen LogP contribution in [-0.2, 0) is 4.79 Å². The van der Waals surface area contributed by atoms with Gasteiger partial charge in [0.25, 0.3) is 0 Å². The van der Waals surface area contributed by atoms with Gasteiger partial charge in [0, 0.05) is 19.6 Å². The van der Waals surface area contributed by atoms with E-state index in [2.05, 4.69) is 20.9 Å². The molecule has 1 heterocycles. The number of nitrogens with zero attached hydrogens (tertiary/aromatic N) is 1. The van der Waals surface area contributed by atoms with Crippen molar-refractivity contribution in [2.75, 3.05) is 32.7 Å². The summed E-state index contributed by atoms with van der Waals surface area (Å²) in [6.45, 7) is 8.11. The third-order valence-electron chi connectivity index (χ3n) is 3.04. The Morgan fingerprint density at radius 1 is 1.28 bits per heavy atom. The molecule has 3 amide bonds. The Labute approximate surface area is 108 Å². The van der Waals surface area contributed by atoms with E-state index in [1.807, 2.05) is 6.92 Å². The van der Waals surface area contributed by atoms with Crippen molar-refractivity contribution in [1.82, 2.24) is 20.9 Å². The van der Waals surface area contributed by atoms with Crippen molar-refractivity contribution in [2.45, 2.75) is 32.7 Å². The molecule has 6 nitrogen and oxygen atoms in total. The molecule has 0 spiro atoms. The maximum Gasteiger partial charge on any atom is 0.321 e. The van der Waals surface area contributed by atoms with E-state index < -0.39 is 6.03 Å². The van der Waals surface area contributed by atoms with Crippen LogP contribution in [0.5, 0.6) is 0 Å². The largest absolute Gasteiger partial charge is 0.338 e. The predicted octanol–water partition coefficient (Wildman–Crippen LogP) is -0.0940. The number of hydrogen-bond donors (Lipinski definition) is 3. The van der Waals surface area contributed by atoms with Gasteiger partial charge in [-0.05, 0) is 39.8 Å². The summed E-state index contributed by atoms with van der Waals surface area (Å²) in [6.07, 6.45) is 2.54. The van der Waals surface area contributed by atoms with Crippen molar-refractivity contribution < 1.29 is 9.59 Å². The van der Waals surface area contributed by atoms with Crippen LogP contribution in [0, 0.1) is 0 Å². The van der Waals surface area contributed by atoms with E-state index in [0.29, 0.717) is 6.54 Å². The van der Waals surface area contributed by atoms with Gasteiger partial charge in [0.2, 0.25) is 5.91 Å². The summed E-state index contributed by atoms with van der Waals surface area (Å²) in [6, 6.07) is -0.786. The van der Waals surface area contributed by atoms with Crippen molar-refractivity contribution in [2.24, 2.45) is 0 Å². The van der Waals surface area contributed by atoms with Gasteiger partial charge in [0.1, 0.15) is 0 Å². The number of likely N-dealkylation sites (tertiary alicyclic amines) is 1. The first-order chi connectivity index (χ1) is 8.63. The molecule has 0 aliphatic carbocycles. The molecule has 3 N–H and O–H groups in total. The van der Waals surface area contributed by atoms with E-state index in [0.717, 1.165) is 26.2 Å². The summed E-state index contributed by atoms with van der Waals surface area (Å²) >= 11 is 0. The molecule has 1 rings (SSSR count). The minimum Gasteiger partial charge on any atom is -0.338 e. The Bertz CT molecular complexity index is 277. The molecule has 1 aliphatic rings. The quantitative estimate of drug-likeness (QED) is 0.621. The monoisotopic (exact) mass is 256 g/mol. The van der Waals surface area contributed by atoms with E-state index in [1.54, 1.807) is 6.92 Å². The first kappa shape index (κ1) is 14.9. The average Bonchev–Trinajstić information content (AvgIpc) is 2.82. The fourth-order valence-electron chi connectivity index (χ4n) is 1.96. The highest BCUT2D eigenvalue weighted by atomic mass is 16.2. The summed E-state index contributed by atoms with van der Waals surface area (Å²) in [5.74, 6) is -0.289. The Morgan fingerprint density at radius 2 is 1.94 bits per heavy atom. The van der Waals surface area contributed by atoms with Gasteiger partial charge in [-0.3, -0.25) is 10.1 Å². The molecule has 6 heteroatoms. The van der Waals surface area contributed by atoms with Crippen molar-refractivity contribution >= 4 is 11.9 Å². The summed E-state index contributed by atoms with van der Waals surface area (Å²) in [4.78, 5) is 25.1. The Hall–Kier alpha value is -1.14. The van der Waals surface area contributed by atoms with E-state index in [4.69, 9.17) is 0 Å². The van der Waals surface area contributed by atoms with Crippen LogP contribution < -0.4 is 16.0 Å². The minimum atomic E-state index is -0.435. The highest BCUT2D eigenvalue weighted by molar-refractivity contribution is 5.96. The highest BCUT2D eigenvalue weighted by Gasteiger charge is 2.16. The van der Waals surface area contributed by atoms with Crippen molar-refractivity contribution in [3.8, 4) is 0 Å². The average molecular weight is 256 g/mol. The molecule has 1 fully saturated rings. The number of carbonyl (C=O) groups is 2. The van der Waals surface area contributed by atoms with E-state index in [1.165, 1.54) is 12.8 Å². The maximum atomic E-state index is 11.6. The first-order valence-electron chi connectivity index (χ1n) is 6.68. The van der Waals surface area contributed by atoms with Crippen LogP contribution >= 0.6 is 0 Å². The lowest BCUT2D eigenvalue weighted by Crippen LogP contribution is -2.49. The molecular weight excluding hydrogens is 232 g/mol. The summed E-state index contributed by atoms with van der Waals surface area (Å²) in [7, 11) is 0. The van der Waals surface area contributed by atoms with Gasteiger partial charge in [0.05, 0.1) is 6.04 Å². The molecule has 0 aromatic heterocycles. The number of hydrogen-bond acceptors (Lipinski definition) is 4. The van der Waals surface area contributed by atoms with Gasteiger partial charge in [0.15, 0.2) is 0 Å². The molecule has 1 unspecified atom stereocenters. The van der Waals surface area contributed by atoms with E-state index in [9.17, 15) is 9.59 Å². The Morgan fingerprint density at radius 3 is 2.56 bits per heavy atom. The molecule has 0 aromatic carbocycles. The lowest BCUT2D eigenvalue weighted by molar-refractivity contribution is -0.121. The van der Waals surface area contributed by atoms with Gasteiger partial charge in [-0.1, -0.05) is 0 Å². The van der Waals surface area contributed by atoms with E-state index in [-0.39, 0.29) is 11.9 Å². The van der Waals surface area contributed by atoms with Crippen molar-refractivity contribution in [3.05, 3.63) is 0 Å². The second kappa shape index (κ2) is 8.05. The van der Waals surface area contributed by atoms with Crippen LogP contribution in [0.4, 0.5) is 4.79 Å². The van der Waals surface area contributed by atoms with Gasteiger partial charge in [-0.15, -0.1) is 0 Å². The Kier molecular flexibility index (Phi) is 6.67. The molecule has 1 saturated heterocycles. The maximum absolute atomic E-state index is 11.6. The second-order valence-corrected chi connectivity index (χ2v) is 4.57. The lowest BCUT2D eigenvalue weighted by Gasteiger charge is -2.17. The fraction of sp³-hybridized carbons (Fsp3) is 0.833. The van der Waals surface area contributed by atoms with Crippen molar-refractivity contribution in [3.63, 3.8) is 0 Å². The van der Waals surface area contributed by atoms with Gasteiger partial charge in [-0.2, -0.15) is 0 Å². The van der Waals surface area contributed by atoms with Crippen molar-refractivity contribution in [1.29, 1.82) is 0 Å². The van der Waals surface area contributed by atoms with Crippen LogP contribution in [0.1, 0.15) is 26.7 Å². The topological polar surface area (TPSA) is 73.5 Å². The summed E-state index contributed by atoms with van der Waals surface area (Å²) in [5.41, 5.74) is 0. The van der Waals surface area contributed by atoms with Crippen LogP contribution in [0.2, 0.25) is 0 Å².